The van der Waals surface area contributed by atoms with Gasteiger partial charge in [-0.05, 0) is 12.8 Å². The lowest BCUT2D eigenvalue weighted by molar-refractivity contribution is -0.146. The fraction of sp³-hybridized carbons (Fsp3) is 0.500. The second-order valence-corrected chi connectivity index (χ2v) is 2.58. The molecule has 1 saturated carbocycles. The average Bonchev–Trinajstić information content (AvgIpc) is 2.80. The van der Waals surface area contributed by atoms with Crippen molar-refractivity contribution in [2.45, 2.75) is 12.8 Å². The van der Waals surface area contributed by atoms with E-state index in [1.165, 1.54) is 6.08 Å². The van der Waals surface area contributed by atoms with E-state index in [4.69, 9.17) is 10.00 Å². The Morgan fingerprint density at radius 1 is 1.82 bits per heavy atom. The zero-order valence-electron chi connectivity index (χ0n) is 6.17. The standard InChI is InChI=1S/C8H9NO2/c1-2-5-11-7(10)8(6-9)3-4-8/h2H,1,3-5H2. The second kappa shape index (κ2) is 2.75. The van der Waals surface area contributed by atoms with Crippen molar-refractivity contribution in [2.24, 2.45) is 5.41 Å². The third kappa shape index (κ3) is 1.40. The summed E-state index contributed by atoms with van der Waals surface area (Å²) in [5.74, 6) is -0.403. The highest BCUT2D eigenvalue weighted by Gasteiger charge is 2.52. The van der Waals surface area contributed by atoms with E-state index in [0.29, 0.717) is 12.8 Å². The molecule has 3 nitrogen and oxygen atoms in total. The molecule has 0 aromatic rings. The van der Waals surface area contributed by atoms with Gasteiger partial charge in [0.2, 0.25) is 0 Å². The third-order valence-corrected chi connectivity index (χ3v) is 1.69. The number of nitrogens with zero attached hydrogens (tertiary/aromatic N) is 1. The SMILES string of the molecule is C=CCOC(=O)C1(C#N)CC1. The van der Waals surface area contributed by atoms with Crippen LogP contribution in [0, 0.1) is 16.7 Å². The molecule has 0 aliphatic heterocycles. The van der Waals surface area contributed by atoms with Crippen LogP contribution < -0.4 is 0 Å². The Labute approximate surface area is 65.3 Å². The average molecular weight is 151 g/mol. The van der Waals surface area contributed by atoms with Gasteiger partial charge < -0.3 is 4.74 Å². The van der Waals surface area contributed by atoms with Gasteiger partial charge in [0.05, 0.1) is 6.07 Å². The van der Waals surface area contributed by atoms with E-state index in [-0.39, 0.29) is 6.61 Å². The zero-order valence-corrected chi connectivity index (χ0v) is 6.17. The number of nitriles is 1. The number of rotatable bonds is 3. The molecule has 0 bridgehead atoms. The molecular formula is C8H9NO2. The lowest BCUT2D eigenvalue weighted by atomic mass is 10.1. The van der Waals surface area contributed by atoms with Crippen LogP contribution in [0.2, 0.25) is 0 Å². The number of hydrogen-bond donors (Lipinski definition) is 0. The number of ether oxygens (including phenoxy) is 1. The van der Waals surface area contributed by atoms with Gasteiger partial charge in [0.15, 0.2) is 5.41 Å². The highest BCUT2D eigenvalue weighted by atomic mass is 16.5. The number of esters is 1. The van der Waals surface area contributed by atoms with E-state index < -0.39 is 11.4 Å². The van der Waals surface area contributed by atoms with Crippen molar-refractivity contribution in [3.63, 3.8) is 0 Å². The van der Waals surface area contributed by atoms with Crippen LogP contribution >= 0.6 is 0 Å². The van der Waals surface area contributed by atoms with Gasteiger partial charge in [-0.1, -0.05) is 12.7 Å². The topological polar surface area (TPSA) is 50.1 Å². The highest BCUT2D eigenvalue weighted by molar-refractivity contribution is 5.83. The van der Waals surface area contributed by atoms with Crippen LogP contribution in [-0.2, 0) is 9.53 Å². The number of hydrogen-bond acceptors (Lipinski definition) is 3. The predicted octanol–water partition coefficient (Wildman–Crippen LogP) is 1.02. The lowest BCUT2D eigenvalue weighted by Gasteiger charge is -2.03. The second-order valence-electron chi connectivity index (χ2n) is 2.58. The molecule has 0 atom stereocenters. The van der Waals surface area contributed by atoms with Gasteiger partial charge in [-0.2, -0.15) is 5.26 Å². The van der Waals surface area contributed by atoms with Gasteiger partial charge in [-0.25, -0.2) is 0 Å². The van der Waals surface area contributed by atoms with Gasteiger partial charge in [-0.15, -0.1) is 0 Å². The first kappa shape index (κ1) is 7.80. The molecule has 1 aliphatic rings. The summed E-state index contributed by atoms with van der Waals surface area (Å²) < 4.78 is 4.73. The largest absolute Gasteiger partial charge is 0.460 e. The first-order valence-corrected chi connectivity index (χ1v) is 3.44. The van der Waals surface area contributed by atoms with Crippen LogP contribution in [0.15, 0.2) is 12.7 Å². The van der Waals surface area contributed by atoms with Crippen LogP contribution in [0.1, 0.15) is 12.8 Å². The van der Waals surface area contributed by atoms with Crippen molar-refractivity contribution >= 4 is 5.97 Å². The van der Waals surface area contributed by atoms with E-state index in [1.54, 1.807) is 0 Å². The molecular weight excluding hydrogens is 142 g/mol. The molecule has 0 unspecified atom stereocenters. The van der Waals surface area contributed by atoms with E-state index in [2.05, 4.69) is 6.58 Å². The maximum absolute atomic E-state index is 11.0. The quantitative estimate of drug-likeness (QED) is 0.447. The first-order chi connectivity index (χ1) is 5.25. The molecule has 0 heterocycles. The molecule has 3 heteroatoms. The minimum absolute atomic E-state index is 0.197. The van der Waals surface area contributed by atoms with Crippen LogP contribution in [0.25, 0.3) is 0 Å². The van der Waals surface area contributed by atoms with Crippen molar-refractivity contribution in [1.29, 1.82) is 5.26 Å². The normalized spacial score (nSPS) is 18.1. The first-order valence-electron chi connectivity index (χ1n) is 3.44. The summed E-state index contributed by atoms with van der Waals surface area (Å²) in [6.45, 7) is 3.60. The predicted molar refractivity (Wildman–Crippen MR) is 38.4 cm³/mol. The highest BCUT2D eigenvalue weighted by Crippen LogP contribution is 2.45. The molecule has 0 saturated heterocycles. The number of carbonyl (C=O) groups excluding carboxylic acids is 1. The number of carbonyl (C=O) groups is 1. The minimum Gasteiger partial charge on any atom is -0.460 e. The van der Waals surface area contributed by atoms with Gasteiger partial charge in [0, 0.05) is 0 Å². The molecule has 58 valence electrons. The van der Waals surface area contributed by atoms with E-state index in [0.717, 1.165) is 0 Å². The third-order valence-electron chi connectivity index (χ3n) is 1.69. The molecule has 1 fully saturated rings. The van der Waals surface area contributed by atoms with Crippen LogP contribution in [-0.4, -0.2) is 12.6 Å². The van der Waals surface area contributed by atoms with E-state index >= 15 is 0 Å². The van der Waals surface area contributed by atoms with Gasteiger partial charge >= 0.3 is 5.97 Å². The van der Waals surface area contributed by atoms with E-state index in [1.807, 2.05) is 6.07 Å². The lowest BCUT2D eigenvalue weighted by Crippen LogP contribution is -2.17. The van der Waals surface area contributed by atoms with Gasteiger partial charge in [0.1, 0.15) is 6.61 Å². The van der Waals surface area contributed by atoms with Crippen LogP contribution in [0.4, 0.5) is 0 Å². The van der Waals surface area contributed by atoms with E-state index in [9.17, 15) is 4.79 Å². The smallest absolute Gasteiger partial charge is 0.326 e. The van der Waals surface area contributed by atoms with Crippen molar-refractivity contribution < 1.29 is 9.53 Å². The fourth-order valence-electron chi connectivity index (χ4n) is 0.759. The van der Waals surface area contributed by atoms with Gasteiger partial charge in [0.25, 0.3) is 0 Å². The fourth-order valence-corrected chi connectivity index (χ4v) is 0.759. The maximum atomic E-state index is 11.0. The van der Waals surface area contributed by atoms with Crippen molar-refractivity contribution in [2.75, 3.05) is 6.61 Å². The zero-order chi connectivity index (χ0) is 8.32. The van der Waals surface area contributed by atoms with Crippen molar-refractivity contribution in [1.82, 2.24) is 0 Å². The molecule has 0 aromatic heterocycles. The Hall–Kier alpha value is -1.30. The summed E-state index contributed by atoms with van der Waals surface area (Å²) in [6, 6.07) is 1.95. The Morgan fingerprint density at radius 3 is 2.82 bits per heavy atom. The Balaban J connectivity index is 2.43. The minimum atomic E-state index is -0.803. The molecule has 0 radical (unpaired) electrons. The Morgan fingerprint density at radius 2 is 2.45 bits per heavy atom. The summed E-state index contributed by atoms with van der Waals surface area (Å²) in [5.41, 5.74) is -0.803. The van der Waals surface area contributed by atoms with Crippen LogP contribution in [0.3, 0.4) is 0 Å². The maximum Gasteiger partial charge on any atom is 0.326 e. The molecule has 1 rings (SSSR count). The summed E-state index contributed by atoms with van der Waals surface area (Å²) in [4.78, 5) is 11.0. The molecule has 0 amide bonds. The van der Waals surface area contributed by atoms with Crippen molar-refractivity contribution in [3.8, 4) is 6.07 Å². The molecule has 0 N–H and O–H groups in total. The summed E-state index contributed by atoms with van der Waals surface area (Å²) in [7, 11) is 0. The Kier molecular flexibility index (Phi) is 1.95. The summed E-state index contributed by atoms with van der Waals surface area (Å²) in [5, 5.41) is 8.55. The molecule has 0 spiro atoms. The van der Waals surface area contributed by atoms with Crippen LogP contribution in [0.5, 0.6) is 0 Å². The van der Waals surface area contributed by atoms with Crippen molar-refractivity contribution in [3.05, 3.63) is 12.7 Å². The monoisotopic (exact) mass is 151 g/mol. The summed E-state index contributed by atoms with van der Waals surface area (Å²) >= 11 is 0. The molecule has 0 aromatic carbocycles. The molecule has 1 aliphatic carbocycles. The molecule has 11 heavy (non-hydrogen) atoms. The Bertz CT molecular complexity index is 223. The summed E-state index contributed by atoms with van der Waals surface area (Å²) in [6.07, 6.45) is 2.77. The van der Waals surface area contributed by atoms with Gasteiger partial charge in [-0.3, -0.25) is 4.79 Å².